The lowest BCUT2D eigenvalue weighted by Crippen LogP contribution is -2.33. The lowest BCUT2D eigenvalue weighted by Gasteiger charge is -2.30. The Morgan fingerprint density at radius 3 is 2.57 bits per heavy atom. The molecule has 3 nitrogen and oxygen atoms in total. The number of hydrogen-bond donors (Lipinski definition) is 1. The van der Waals surface area contributed by atoms with Gasteiger partial charge in [-0.15, -0.1) is 0 Å². The molecule has 0 radical (unpaired) electrons. The van der Waals surface area contributed by atoms with Gasteiger partial charge in [-0.25, -0.2) is 4.39 Å². The van der Waals surface area contributed by atoms with Gasteiger partial charge < -0.3 is 5.73 Å². The number of benzene rings is 1. The predicted molar refractivity (Wildman–Crippen MR) is 83.5 cm³/mol. The maximum Gasteiger partial charge on any atom is 0.142 e. The van der Waals surface area contributed by atoms with Crippen LogP contribution >= 0.6 is 11.6 Å². The van der Waals surface area contributed by atoms with Gasteiger partial charge >= 0.3 is 0 Å². The molecule has 0 aliphatic rings. The maximum atomic E-state index is 13.7. The van der Waals surface area contributed by atoms with E-state index < -0.39 is 5.82 Å². The summed E-state index contributed by atoms with van der Waals surface area (Å²) in [7, 11) is 0. The summed E-state index contributed by atoms with van der Waals surface area (Å²) in [6, 6.07) is 8.77. The number of likely N-dealkylation sites (N-methyl/N-ethyl adjacent to an activating group) is 1. The third-order valence-corrected chi connectivity index (χ3v) is 3.84. The molecule has 0 bridgehead atoms. The smallest absolute Gasteiger partial charge is 0.142 e. The van der Waals surface area contributed by atoms with Crippen LogP contribution in [0, 0.1) is 5.82 Å². The van der Waals surface area contributed by atoms with Crippen molar-refractivity contribution in [2.24, 2.45) is 5.73 Å². The summed E-state index contributed by atoms with van der Waals surface area (Å²) in [6.45, 7) is 4.04. The highest BCUT2D eigenvalue weighted by Crippen LogP contribution is 2.25. The Morgan fingerprint density at radius 2 is 2.00 bits per heavy atom. The van der Waals surface area contributed by atoms with Gasteiger partial charge in [0.2, 0.25) is 0 Å². The van der Waals surface area contributed by atoms with Gasteiger partial charge in [0, 0.05) is 31.5 Å². The molecule has 0 aliphatic heterocycles. The standard InChI is InChI=1S/C16H19ClFN3/c1-2-21(11-12-5-7-20-8-6-12)16(10-19)13-3-4-14(17)15(18)9-13/h3-9,16H,2,10-11,19H2,1H3. The summed E-state index contributed by atoms with van der Waals surface area (Å²) < 4.78 is 13.7. The molecule has 0 spiro atoms. The van der Waals surface area contributed by atoms with Crippen LogP contribution in [0.2, 0.25) is 5.02 Å². The highest BCUT2D eigenvalue weighted by Gasteiger charge is 2.19. The fourth-order valence-electron chi connectivity index (χ4n) is 2.38. The molecule has 1 aromatic heterocycles. The number of hydrogen-bond acceptors (Lipinski definition) is 3. The lowest BCUT2D eigenvalue weighted by molar-refractivity contribution is 0.203. The first-order valence-corrected chi connectivity index (χ1v) is 7.31. The fourth-order valence-corrected chi connectivity index (χ4v) is 2.50. The first-order valence-electron chi connectivity index (χ1n) is 6.93. The zero-order valence-electron chi connectivity index (χ0n) is 12.0. The normalized spacial score (nSPS) is 12.6. The average Bonchev–Trinajstić information content (AvgIpc) is 2.51. The van der Waals surface area contributed by atoms with Gasteiger partial charge in [-0.05, 0) is 41.9 Å². The number of nitrogens with zero attached hydrogens (tertiary/aromatic N) is 2. The first kappa shape index (κ1) is 15.9. The van der Waals surface area contributed by atoms with Gasteiger partial charge in [0.1, 0.15) is 5.82 Å². The number of halogens is 2. The Hall–Kier alpha value is -1.49. The first-order chi connectivity index (χ1) is 10.2. The topological polar surface area (TPSA) is 42.2 Å². The molecule has 0 amide bonds. The third kappa shape index (κ3) is 4.00. The number of nitrogens with two attached hydrogens (primary N) is 1. The van der Waals surface area contributed by atoms with E-state index in [0.29, 0.717) is 6.54 Å². The van der Waals surface area contributed by atoms with Gasteiger partial charge in [0.25, 0.3) is 0 Å². The molecule has 5 heteroatoms. The fraction of sp³-hybridized carbons (Fsp3) is 0.312. The van der Waals surface area contributed by atoms with E-state index in [4.69, 9.17) is 17.3 Å². The second-order valence-electron chi connectivity index (χ2n) is 4.84. The summed E-state index contributed by atoms with van der Waals surface area (Å²) in [4.78, 5) is 6.22. The van der Waals surface area contributed by atoms with E-state index in [0.717, 1.165) is 24.2 Å². The highest BCUT2D eigenvalue weighted by molar-refractivity contribution is 6.30. The summed E-state index contributed by atoms with van der Waals surface area (Å²) >= 11 is 5.74. The van der Waals surface area contributed by atoms with Crippen molar-refractivity contribution >= 4 is 11.6 Å². The predicted octanol–water partition coefficient (Wildman–Crippen LogP) is 3.40. The summed E-state index contributed by atoms with van der Waals surface area (Å²) in [6.07, 6.45) is 3.53. The van der Waals surface area contributed by atoms with Crippen molar-refractivity contribution in [3.8, 4) is 0 Å². The Balaban J connectivity index is 2.22. The van der Waals surface area contributed by atoms with E-state index in [1.54, 1.807) is 18.5 Å². The molecule has 0 fully saturated rings. The average molecular weight is 308 g/mol. The molecule has 0 saturated carbocycles. The van der Waals surface area contributed by atoms with Crippen LogP contribution in [0.3, 0.4) is 0 Å². The van der Waals surface area contributed by atoms with E-state index >= 15 is 0 Å². The van der Waals surface area contributed by atoms with Gasteiger partial charge in [0.05, 0.1) is 5.02 Å². The van der Waals surface area contributed by atoms with Crippen LogP contribution in [0.25, 0.3) is 0 Å². The van der Waals surface area contributed by atoms with Gasteiger partial charge in [-0.1, -0.05) is 24.6 Å². The molecule has 112 valence electrons. The summed E-state index contributed by atoms with van der Waals surface area (Å²) in [5.74, 6) is -0.410. The number of pyridine rings is 1. The molecule has 2 N–H and O–H groups in total. The van der Waals surface area contributed by atoms with Gasteiger partial charge in [0.15, 0.2) is 0 Å². The van der Waals surface area contributed by atoms with Crippen molar-refractivity contribution in [2.75, 3.05) is 13.1 Å². The van der Waals surface area contributed by atoms with Crippen LogP contribution in [0.4, 0.5) is 4.39 Å². The SMILES string of the molecule is CCN(Cc1ccncc1)C(CN)c1ccc(Cl)c(F)c1. The number of rotatable bonds is 6. The lowest BCUT2D eigenvalue weighted by atomic mass is 10.0. The van der Waals surface area contributed by atoms with Crippen LogP contribution in [0.5, 0.6) is 0 Å². The van der Waals surface area contributed by atoms with Crippen LogP contribution in [-0.2, 0) is 6.54 Å². The molecule has 1 aromatic carbocycles. The molecule has 1 heterocycles. The quantitative estimate of drug-likeness (QED) is 0.889. The molecular weight excluding hydrogens is 289 g/mol. The molecule has 2 aromatic rings. The maximum absolute atomic E-state index is 13.7. The highest BCUT2D eigenvalue weighted by atomic mass is 35.5. The molecule has 2 rings (SSSR count). The second kappa shape index (κ2) is 7.50. The molecular formula is C16H19ClFN3. The Bertz CT molecular complexity index is 577. The van der Waals surface area contributed by atoms with E-state index in [-0.39, 0.29) is 11.1 Å². The largest absolute Gasteiger partial charge is 0.329 e. The summed E-state index contributed by atoms with van der Waals surface area (Å²) in [5.41, 5.74) is 7.91. The molecule has 1 unspecified atom stereocenters. The van der Waals surface area contributed by atoms with Gasteiger partial charge in [-0.3, -0.25) is 9.88 Å². The van der Waals surface area contributed by atoms with E-state index in [1.807, 2.05) is 18.2 Å². The minimum Gasteiger partial charge on any atom is -0.329 e. The minimum absolute atomic E-state index is 0.0464. The minimum atomic E-state index is -0.410. The zero-order valence-corrected chi connectivity index (χ0v) is 12.7. The van der Waals surface area contributed by atoms with Crippen LogP contribution in [0.1, 0.15) is 24.1 Å². The number of aromatic nitrogens is 1. The van der Waals surface area contributed by atoms with Crippen LogP contribution in [-0.4, -0.2) is 23.0 Å². The van der Waals surface area contributed by atoms with E-state index in [1.165, 1.54) is 6.07 Å². The molecule has 21 heavy (non-hydrogen) atoms. The van der Waals surface area contributed by atoms with Crippen molar-refractivity contribution in [3.63, 3.8) is 0 Å². The van der Waals surface area contributed by atoms with Crippen molar-refractivity contribution in [2.45, 2.75) is 19.5 Å². The van der Waals surface area contributed by atoms with Crippen LogP contribution in [0.15, 0.2) is 42.7 Å². The summed E-state index contributed by atoms with van der Waals surface area (Å²) in [5, 5.41) is 0.131. The van der Waals surface area contributed by atoms with E-state index in [2.05, 4.69) is 16.8 Å². The second-order valence-corrected chi connectivity index (χ2v) is 5.25. The zero-order chi connectivity index (χ0) is 15.2. The van der Waals surface area contributed by atoms with Crippen LogP contribution < -0.4 is 5.73 Å². The van der Waals surface area contributed by atoms with E-state index in [9.17, 15) is 4.39 Å². The van der Waals surface area contributed by atoms with Crippen molar-refractivity contribution in [3.05, 3.63) is 64.7 Å². The molecule has 0 saturated heterocycles. The van der Waals surface area contributed by atoms with Gasteiger partial charge in [-0.2, -0.15) is 0 Å². The van der Waals surface area contributed by atoms with Crippen molar-refractivity contribution in [1.82, 2.24) is 9.88 Å². The monoisotopic (exact) mass is 307 g/mol. The molecule has 0 aliphatic carbocycles. The Morgan fingerprint density at radius 1 is 1.29 bits per heavy atom. The van der Waals surface area contributed by atoms with Crippen molar-refractivity contribution in [1.29, 1.82) is 0 Å². The third-order valence-electron chi connectivity index (χ3n) is 3.53. The Labute approximate surface area is 129 Å². The Kier molecular flexibility index (Phi) is 5.67. The molecule has 1 atom stereocenters. The van der Waals surface area contributed by atoms with Crippen molar-refractivity contribution < 1.29 is 4.39 Å².